The lowest BCUT2D eigenvalue weighted by atomic mass is 10.0. The highest BCUT2D eigenvalue weighted by molar-refractivity contribution is 5.81. The van der Waals surface area contributed by atoms with Gasteiger partial charge in [-0.25, -0.2) is 0 Å². The van der Waals surface area contributed by atoms with Crippen LogP contribution in [0.1, 0.15) is 33.6 Å². The van der Waals surface area contributed by atoms with Gasteiger partial charge in [-0.2, -0.15) is 0 Å². The SMILES string of the molecule is CCN1CCC(CNC(=O)[C@@H](N)CC(C)C)C1. The Kier molecular flexibility index (Phi) is 5.92. The maximum Gasteiger partial charge on any atom is 0.236 e. The van der Waals surface area contributed by atoms with Crippen LogP contribution in [0.5, 0.6) is 0 Å². The van der Waals surface area contributed by atoms with Crippen LogP contribution in [-0.4, -0.2) is 43.0 Å². The van der Waals surface area contributed by atoms with Gasteiger partial charge < -0.3 is 16.0 Å². The van der Waals surface area contributed by atoms with Crippen molar-refractivity contribution in [3.63, 3.8) is 0 Å². The number of rotatable bonds is 6. The summed E-state index contributed by atoms with van der Waals surface area (Å²) in [7, 11) is 0. The molecule has 17 heavy (non-hydrogen) atoms. The topological polar surface area (TPSA) is 58.4 Å². The minimum absolute atomic E-state index is 0.00801. The maximum atomic E-state index is 11.7. The molecular weight excluding hydrogens is 214 g/mol. The van der Waals surface area contributed by atoms with Crippen LogP contribution in [0.25, 0.3) is 0 Å². The average Bonchev–Trinajstić information content (AvgIpc) is 2.72. The minimum Gasteiger partial charge on any atom is -0.354 e. The first-order valence-corrected chi connectivity index (χ1v) is 6.78. The van der Waals surface area contributed by atoms with E-state index < -0.39 is 0 Å². The number of carbonyl (C=O) groups is 1. The molecule has 0 aliphatic carbocycles. The highest BCUT2D eigenvalue weighted by Crippen LogP contribution is 2.14. The third-order valence-electron chi connectivity index (χ3n) is 3.44. The van der Waals surface area contributed by atoms with Crippen molar-refractivity contribution in [1.29, 1.82) is 0 Å². The molecule has 1 rings (SSSR count). The number of hydrogen-bond donors (Lipinski definition) is 2. The van der Waals surface area contributed by atoms with Crippen molar-refractivity contribution in [3.8, 4) is 0 Å². The molecule has 3 N–H and O–H groups in total. The summed E-state index contributed by atoms with van der Waals surface area (Å²) in [6, 6.07) is -0.348. The number of nitrogens with zero attached hydrogens (tertiary/aromatic N) is 1. The molecule has 1 aliphatic heterocycles. The van der Waals surface area contributed by atoms with Gasteiger partial charge in [0.05, 0.1) is 6.04 Å². The molecule has 2 atom stereocenters. The van der Waals surface area contributed by atoms with E-state index in [1.54, 1.807) is 0 Å². The lowest BCUT2D eigenvalue weighted by Gasteiger charge is -2.17. The van der Waals surface area contributed by atoms with Crippen molar-refractivity contribution in [2.45, 2.75) is 39.7 Å². The standard InChI is InChI=1S/C13H27N3O/c1-4-16-6-5-11(9-16)8-15-13(17)12(14)7-10(2)3/h10-12H,4-9,14H2,1-3H3,(H,15,17)/t11?,12-/m0/s1. The molecule has 0 spiro atoms. The second-order valence-corrected chi connectivity index (χ2v) is 5.53. The Hall–Kier alpha value is -0.610. The molecule has 4 heteroatoms. The Morgan fingerprint density at radius 3 is 2.76 bits per heavy atom. The molecule has 0 radical (unpaired) electrons. The molecule has 1 aliphatic rings. The van der Waals surface area contributed by atoms with Crippen molar-refractivity contribution in [2.24, 2.45) is 17.6 Å². The summed E-state index contributed by atoms with van der Waals surface area (Å²) < 4.78 is 0. The summed E-state index contributed by atoms with van der Waals surface area (Å²) in [4.78, 5) is 14.2. The minimum atomic E-state index is -0.348. The quantitative estimate of drug-likeness (QED) is 0.724. The monoisotopic (exact) mass is 241 g/mol. The van der Waals surface area contributed by atoms with Gasteiger partial charge in [0.1, 0.15) is 0 Å². The first kappa shape index (κ1) is 14.5. The molecule has 4 nitrogen and oxygen atoms in total. The van der Waals surface area contributed by atoms with E-state index in [0.29, 0.717) is 11.8 Å². The zero-order valence-corrected chi connectivity index (χ0v) is 11.4. The first-order valence-electron chi connectivity index (χ1n) is 6.78. The molecule has 1 amide bonds. The molecule has 0 aromatic rings. The summed E-state index contributed by atoms with van der Waals surface area (Å²) in [6.07, 6.45) is 1.95. The Balaban J connectivity index is 2.20. The molecule has 100 valence electrons. The van der Waals surface area contributed by atoms with Gasteiger partial charge in [-0.15, -0.1) is 0 Å². The molecule has 0 bridgehead atoms. The van der Waals surface area contributed by atoms with Crippen LogP contribution >= 0.6 is 0 Å². The van der Waals surface area contributed by atoms with Crippen LogP contribution in [0.3, 0.4) is 0 Å². The summed E-state index contributed by atoms with van der Waals surface area (Å²) in [5.41, 5.74) is 5.83. The Morgan fingerprint density at radius 2 is 2.24 bits per heavy atom. The fourth-order valence-electron chi connectivity index (χ4n) is 2.36. The number of nitrogens with two attached hydrogens (primary N) is 1. The third-order valence-corrected chi connectivity index (χ3v) is 3.44. The summed E-state index contributed by atoms with van der Waals surface area (Å²) in [5.74, 6) is 1.08. The van der Waals surface area contributed by atoms with Crippen LogP contribution in [0.2, 0.25) is 0 Å². The summed E-state index contributed by atoms with van der Waals surface area (Å²) in [5, 5.41) is 2.98. The predicted molar refractivity (Wildman–Crippen MR) is 70.7 cm³/mol. The van der Waals surface area contributed by atoms with E-state index in [1.165, 1.54) is 6.42 Å². The largest absolute Gasteiger partial charge is 0.354 e. The molecule has 0 aromatic carbocycles. The van der Waals surface area contributed by atoms with Gasteiger partial charge in [0.2, 0.25) is 5.91 Å². The van der Waals surface area contributed by atoms with E-state index >= 15 is 0 Å². The normalized spacial score (nSPS) is 23.0. The Bertz CT molecular complexity index is 243. The smallest absolute Gasteiger partial charge is 0.236 e. The fourth-order valence-corrected chi connectivity index (χ4v) is 2.36. The zero-order chi connectivity index (χ0) is 12.8. The Morgan fingerprint density at radius 1 is 1.53 bits per heavy atom. The van der Waals surface area contributed by atoms with Crippen LogP contribution in [0.15, 0.2) is 0 Å². The molecule has 1 heterocycles. The van der Waals surface area contributed by atoms with Gasteiger partial charge in [-0.05, 0) is 37.8 Å². The lowest BCUT2D eigenvalue weighted by Crippen LogP contribution is -2.43. The van der Waals surface area contributed by atoms with Crippen molar-refractivity contribution in [1.82, 2.24) is 10.2 Å². The van der Waals surface area contributed by atoms with E-state index in [4.69, 9.17) is 5.73 Å². The van der Waals surface area contributed by atoms with Crippen LogP contribution in [0.4, 0.5) is 0 Å². The molecule has 1 saturated heterocycles. The van der Waals surface area contributed by atoms with Crippen molar-refractivity contribution in [2.75, 3.05) is 26.2 Å². The van der Waals surface area contributed by atoms with Gasteiger partial charge in [0.15, 0.2) is 0 Å². The molecular formula is C13H27N3O. The second kappa shape index (κ2) is 6.97. The summed E-state index contributed by atoms with van der Waals surface area (Å²) >= 11 is 0. The number of likely N-dealkylation sites (tertiary alicyclic amines) is 1. The van der Waals surface area contributed by atoms with Gasteiger partial charge >= 0.3 is 0 Å². The maximum absolute atomic E-state index is 11.7. The number of hydrogen-bond acceptors (Lipinski definition) is 3. The lowest BCUT2D eigenvalue weighted by molar-refractivity contribution is -0.122. The number of nitrogens with one attached hydrogen (secondary N) is 1. The number of amides is 1. The zero-order valence-electron chi connectivity index (χ0n) is 11.4. The van der Waals surface area contributed by atoms with Crippen molar-refractivity contribution in [3.05, 3.63) is 0 Å². The van der Waals surface area contributed by atoms with Crippen LogP contribution in [0, 0.1) is 11.8 Å². The molecule has 1 unspecified atom stereocenters. The van der Waals surface area contributed by atoms with Gasteiger partial charge in [0.25, 0.3) is 0 Å². The first-order chi connectivity index (χ1) is 8.02. The van der Waals surface area contributed by atoms with E-state index in [-0.39, 0.29) is 11.9 Å². The second-order valence-electron chi connectivity index (χ2n) is 5.53. The fraction of sp³-hybridized carbons (Fsp3) is 0.923. The predicted octanol–water partition coefficient (Wildman–Crippen LogP) is 0.818. The molecule has 0 aromatic heterocycles. The van der Waals surface area contributed by atoms with E-state index in [1.807, 2.05) is 0 Å². The highest BCUT2D eigenvalue weighted by Gasteiger charge is 2.22. The van der Waals surface area contributed by atoms with Gasteiger partial charge in [-0.3, -0.25) is 4.79 Å². The average molecular weight is 241 g/mol. The molecule has 0 saturated carbocycles. The third kappa shape index (κ3) is 5.04. The van der Waals surface area contributed by atoms with Crippen LogP contribution < -0.4 is 11.1 Å². The van der Waals surface area contributed by atoms with E-state index in [9.17, 15) is 4.79 Å². The van der Waals surface area contributed by atoms with E-state index in [0.717, 1.165) is 32.6 Å². The van der Waals surface area contributed by atoms with Crippen molar-refractivity contribution < 1.29 is 4.79 Å². The summed E-state index contributed by atoms with van der Waals surface area (Å²) in [6.45, 7) is 10.5. The number of carbonyl (C=O) groups excluding carboxylic acids is 1. The van der Waals surface area contributed by atoms with Crippen LogP contribution in [-0.2, 0) is 4.79 Å². The Labute approximate surface area is 105 Å². The van der Waals surface area contributed by atoms with E-state index in [2.05, 4.69) is 31.0 Å². The van der Waals surface area contributed by atoms with Gasteiger partial charge in [-0.1, -0.05) is 20.8 Å². The molecule has 1 fully saturated rings. The van der Waals surface area contributed by atoms with Gasteiger partial charge in [0, 0.05) is 13.1 Å². The highest BCUT2D eigenvalue weighted by atomic mass is 16.2. The van der Waals surface area contributed by atoms with Crippen molar-refractivity contribution >= 4 is 5.91 Å².